The number of pyridine rings is 1. The van der Waals surface area contributed by atoms with Gasteiger partial charge in [-0.2, -0.15) is 0 Å². The maximum absolute atomic E-state index is 12.1. The van der Waals surface area contributed by atoms with Gasteiger partial charge in [0.05, 0.1) is 0 Å². The first-order valence-corrected chi connectivity index (χ1v) is 6.67. The third-order valence-corrected chi connectivity index (χ3v) is 3.75. The number of rotatable bonds is 3. The molecule has 2 rings (SSSR count). The highest BCUT2D eigenvalue weighted by molar-refractivity contribution is 5.94. The highest BCUT2D eigenvalue weighted by atomic mass is 16.3. The lowest BCUT2D eigenvalue weighted by atomic mass is 9.83. The Kier molecular flexibility index (Phi) is 4.18. The minimum Gasteiger partial charge on any atom is -0.505 e. The number of amides is 1. The molecule has 0 saturated heterocycles. The maximum atomic E-state index is 12.1. The molecular formula is C14H20N2O2. The van der Waals surface area contributed by atoms with Crippen molar-refractivity contribution in [1.82, 2.24) is 10.3 Å². The fourth-order valence-electron chi connectivity index (χ4n) is 2.69. The fourth-order valence-corrected chi connectivity index (χ4v) is 2.69. The molecule has 1 amide bonds. The van der Waals surface area contributed by atoms with Gasteiger partial charge < -0.3 is 10.4 Å². The van der Waals surface area contributed by atoms with Crippen molar-refractivity contribution in [3.63, 3.8) is 0 Å². The van der Waals surface area contributed by atoms with Crippen molar-refractivity contribution in [2.45, 2.75) is 45.1 Å². The molecule has 0 radical (unpaired) electrons. The van der Waals surface area contributed by atoms with E-state index in [0.717, 1.165) is 19.3 Å². The van der Waals surface area contributed by atoms with Crippen LogP contribution >= 0.6 is 0 Å². The highest BCUT2D eigenvalue weighted by Crippen LogP contribution is 2.27. The predicted octanol–water partition coefficient (Wildman–Crippen LogP) is 2.49. The number of hydrogen-bond acceptors (Lipinski definition) is 3. The van der Waals surface area contributed by atoms with Gasteiger partial charge in [-0.3, -0.25) is 4.79 Å². The molecule has 0 bridgehead atoms. The molecule has 1 aromatic rings. The molecule has 4 heteroatoms. The molecule has 1 saturated carbocycles. The van der Waals surface area contributed by atoms with Gasteiger partial charge in [0.25, 0.3) is 5.91 Å². The minimum absolute atomic E-state index is 0.0566. The van der Waals surface area contributed by atoms with Crippen LogP contribution in [0.4, 0.5) is 0 Å². The number of hydrogen-bond donors (Lipinski definition) is 2. The van der Waals surface area contributed by atoms with Crippen LogP contribution < -0.4 is 5.32 Å². The Bertz CT molecular complexity index is 420. The van der Waals surface area contributed by atoms with Crippen LogP contribution in [0.15, 0.2) is 18.3 Å². The Morgan fingerprint density at radius 3 is 3.00 bits per heavy atom. The molecule has 1 heterocycles. The molecule has 2 unspecified atom stereocenters. The second kappa shape index (κ2) is 5.85. The number of aromatic nitrogens is 1. The number of nitrogens with one attached hydrogen (secondary N) is 1. The summed E-state index contributed by atoms with van der Waals surface area (Å²) in [6.45, 7) is 2.16. The first-order chi connectivity index (χ1) is 8.72. The number of nitrogens with zero attached hydrogens (tertiary/aromatic N) is 1. The molecule has 0 aromatic carbocycles. The average molecular weight is 248 g/mol. The van der Waals surface area contributed by atoms with Gasteiger partial charge in [0.2, 0.25) is 0 Å². The molecule has 98 valence electrons. The smallest absolute Gasteiger partial charge is 0.273 e. The molecule has 1 aromatic heterocycles. The van der Waals surface area contributed by atoms with Gasteiger partial charge in [-0.25, -0.2) is 4.98 Å². The topological polar surface area (TPSA) is 62.2 Å². The standard InChI is InChI=1S/C14H20N2O2/c1-2-10-6-3-4-7-11(10)16-14(18)13-12(17)8-5-9-15-13/h5,8-11,17H,2-4,6-7H2,1H3,(H,16,18). The summed E-state index contributed by atoms with van der Waals surface area (Å²) in [4.78, 5) is 16.0. The van der Waals surface area contributed by atoms with Crippen LogP contribution in [0.1, 0.15) is 49.5 Å². The molecule has 0 spiro atoms. The van der Waals surface area contributed by atoms with Gasteiger partial charge in [-0.1, -0.05) is 26.2 Å². The van der Waals surface area contributed by atoms with Gasteiger partial charge in [-0.15, -0.1) is 0 Å². The molecular weight excluding hydrogens is 228 g/mol. The summed E-state index contributed by atoms with van der Waals surface area (Å²) in [5.74, 6) is 0.228. The lowest BCUT2D eigenvalue weighted by Crippen LogP contribution is -2.42. The Hall–Kier alpha value is -1.58. The van der Waals surface area contributed by atoms with Gasteiger partial charge in [0.1, 0.15) is 5.75 Å². The van der Waals surface area contributed by atoms with Crippen molar-refractivity contribution in [3.05, 3.63) is 24.0 Å². The lowest BCUT2D eigenvalue weighted by Gasteiger charge is -2.31. The van der Waals surface area contributed by atoms with E-state index in [1.807, 2.05) is 0 Å². The Morgan fingerprint density at radius 2 is 2.28 bits per heavy atom. The third kappa shape index (κ3) is 2.81. The summed E-state index contributed by atoms with van der Waals surface area (Å²) in [5.41, 5.74) is 0.123. The fraction of sp³-hybridized carbons (Fsp3) is 0.571. The first kappa shape index (κ1) is 12.9. The zero-order valence-corrected chi connectivity index (χ0v) is 10.7. The summed E-state index contributed by atoms with van der Waals surface area (Å²) in [6, 6.07) is 3.32. The van der Waals surface area contributed by atoms with E-state index in [0.29, 0.717) is 5.92 Å². The first-order valence-electron chi connectivity index (χ1n) is 6.67. The van der Waals surface area contributed by atoms with E-state index in [4.69, 9.17) is 0 Å². The van der Waals surface area contributed by atoms with Crippen LogP contribution in [0, 0.1) is 5.92 Å². The molecule has 0 aliphatic heterocycles. The lowest BCUT2D eigenvalue weighted by molar-refractivity contribution is 0.0896. The average Bonchev–Trinajstić information content (AvgIpc) is 2.39. The minimum atomic E-state index is -0.265. The van der Waals surface area contributed by atoms with Crippen LogP contribution in [-0.4, -0.2) is 22.0 Å². The van der Waals surface area contributed by atoms with Crippen molar-refractivity contribution in [3.8, 4) is 5.75 Å². The SMILES string of the molecule is CCC1CCCCC1NC(=O)c1ncccc1O. The zero-order valence-electron chi connectivity index (χ0n) is 10.7. The zero-order chi connectivity index (χ0) is 13.0. The largest absolute Gasteiger partial charge is 0.505 e. The molecule has 4 nitrogen and oxygen atoms in total. The van der Waals surface area contributed by atoms with Crippen LogP contribution in [0.25, 0.3) is 0 Å². The molecule has 1 aliphatic rings. The summed E-state index contributed by atoms with van der Waals surface area (Å²) < 4.78 is 0. The number of carbonyl (C=O) groups excluding carboxylic acids is 1. The van der Waals surface area contributed by atoms with E-state index in [9.17, 15) is 9.90 Å². The highest BCUT2D eigenvalue weighted by Gasteiger charge is 2.26. The van der Waals surface area contributed by atoms with Crippen molar-refractivity contribution in [1.29, 1.82) is 0 Å². The predicted molar refractivity (Wildman–Crippen MR) is 69.4 cm³/mol. The van der Waals surface area contributed by atoms with E-state index in [-0.39, 0.29) is 23.4 Å². The van der Waals surface area contributed by atoms with Crippen LogP contribution in [0.3, 0.4) is 0 Å². The molecule has 18 heavy (non-hydrogen) atoms. The summed E-state index contributed by atoms with van der Waals surface area (Å²) >= 11 is 0. The third-order valence-electron chi connectivity index (χ3n) is 3.75. The van der Waals surface area contributed by atoms with Gasteiger partial charge in [-0.05, 0) is 30.9 Å². The van der Waals surface area contributed by atoms with E-state index >= 15 is 0 Å². The van der Waals surface area contributed by atoms with Crippen molar-refractivity contribution in [2.24, 2.45) is 5.92 Å². The van der Waals surface area contributed by atoms with Crippen molar-refractivity contribution < 1.29 is 9.90 Å². The monoisotopic (exact) mass is 248 g/mol. The number of carbonyl (C=O) groups is 1. The second-order valence-electron chi connectivity index (χ2n) is 4.90. The Balaban J connectivity index is 2.04. The van der Waals surface area contributed by atoms with E-state index in [2.05, 4.69) is 17.2 Å². The normalized spacial score (nSPS) is 23.6. The van der Waals surface area contributed by atoms with Gasteiger partial charge in [0.15, 0.2) is 5.69 Å². The Morgan fingerprint density at radius 1 is 1.50 bits per heavy atom. The van der Waals surface area contributed by atoms with Crippen LogP contribution in [0.2, 0.25) is 0 Å². The molecule has 1 aliphatic carbocycles. The van der Waals surface area contributed by atoms with E-state index in [1.54, 1.807) is 6.07 Å². The maximum Gasteiger partial charge on any atom is 0.273 e. The molecule has 1 fully saturated rings. The molecule has 2 N–H and O–H groups in total. The van der Waals surface area contributed by atoms with Gasteiger partial charge in [0, 0.05) is 12.2 Å². The van der Waals surface area contributed by atoms with Crippen LogP contribution in [0.5, 0.6) is 5.75 Å². The van der Waals surface area contributed by atoms with Gasteiger partial charge >= 0.3 is 0 Å². The van der Waals surface area contributed by atoms with Crippen molar-refractivity contribution in [2.75, 3.05) is 0 Å². The van der Waals surface area contributed by atoms with Crippen molar-refractivity contribution >= 4 is 5.91 Å². The van der Waals surface area contributed by atoms with Crippen LogP contribution in [-0.2, 0) is 0 Å². The van der Waals surface area contributed by atoms with E-state index in [1.165, 1.54) is 25.1 Å². The molecule has 2 atom stereocenters. The second-order valence-corrected chi connectivity index (χ2v) is 4.90. The summed E-state index contributed by atoms with van der Waals surface area (Å²) in [6.07, 6.45) is 7.22. The summed E-state index contributed by atoms with van der Waals surface area (Å²) in [5, 5.41) is 12.6. The Labute approximate surface area is 107 Å². The number of aromatic hydroxyl groups is 1. The summed E-state index contributed by atoms with van der Waals surface area (Å²) in [7, 11) is 0. The quantitative estimate of drug-likeness (QED) is 0.863. The van der Waals surface area contributed by atoms with E-state index < -0.39 is 0 Å².